The molecule has 1 heterocycles. The number of alkyl halides is 3. The summed E-state index contributed by atoms with van der Waals surface area (Å²) in [4.78, 5) is 29.2. The van der Waals surface area contributed by atoms with Gasteiger partial charge in [-0.05, 0) is 19.4 Å². The van der Waals surface area contributed by atoms with Gasteiger partial charge in [0.05, 0.1) is 24.5 Å². The number of rotatable bonds is 6. The second kappa shape index (κ2) is 8.20. The van der Waals surface area contributed by atoms with E-state index >= 15 is 0 Å². The molecule has 1 aliphatic rings. The molecular weight excluding hydrogens is 355 g/mol. The van der Waals surface area contributed by atoms with Crippen LogP contribution >= 0.6 is 0 Å². The molecule has 0 radical (unpaired) electrons. The van der Waals surface area contributed by atoms with Crippen molar-refractivity contribution in [3.8, 4) is 0 Å². The summed E-state index contributed by atoms with van der Waals surface area (Å²) in [5.41, 5.74) is -1.77. The third-order valence-electron chi connectivity index (χ3n) is 3.65. The van der Waals surface area contributed by atoms with E-state index < -0.39 is 35.2 Å². The van der Waals surface area contributed by atoms with E-state index in [1.54, 1.807) is 0 Å². The number of nitrogens with zero attached hydrogens (tertiary/aromatic N) is 1. The maximum absolute atomic E-state index is 13.8. The smallest absolute Gasteiger partial charge is 0.417 e. The molecular formula is C17H18F3NO5. The predicted molar refractivity (Wildman–Crippen MR) is 84.6 cm³/mol. The Morgan fingerprint density at radius 2 is 1.81 bits per heavy atom. The number of hydrogen-bond donors (Lipinski definition) is 0. The van der Waals surface area contributed by atoms with Gasteiger partial charge in [-0.3, -0.25) is 9.59 Å². The molecule has 0 spiro atoms. The molecule has 1 aromatic rings. The fourth-order valence-electron chi connectivity index (χ4n) is 2.66. The molecule has 1 aliphatic heterocycles. The Bertz CT molecular complexity index is 697. The van der Waals surface area contributed by atoms with Gasteiger partial charge in [0.25, 0.3) is 0 Å². The van der Waals surface area contributed by atoms with Crippen molar-refractivity contribution in [3.63, 3.8) is 0 Å². The van der Waals surface area contributed by atoms with Crippen LogP contribution in [0.5, 0.6) is 0 Å². The SMILES string of the molecule is CCOC(=O)C(C(=O)OCC)c1cccc(C2=NOCC2)c1C(F)(F)F. The molecule has 1 aromatic carbocycles. The van der Waals surface area contributed by atoms with Gasteiger partial charge in [-0.1, -0.05) is 23.4 Å². The first kappa shape index (κ1) is 19.7. The number of carbonyl (C=O) groups is 2. The highest BCUT2D eigenvalue weighted by Crippen LogP contribution is 2.39. The molecule has 0 N–H and O–H groups in total. The lowest BCUT2D eigenvalue weighted by Crippen LogP contribution is -2.29. The van der Waals surface area contributed by atoms with Crippen LogP contribution in [0.4, 0.5) is 13.2 Å². The van der Waals surface area contributed by atoms with Crippen molar-refractivity contribution in [2.45, 2.75) is 32.4 Å². The van der Waals surface area contributed by atoms with Gasteiger partial charge in [-0.2, -0.15) is 13.2 Å². The number of halogens is 3. The molecule has 0 atom stereocenters. The highest BCUT2D eigenvalue weighted by molar-refractivity contribution is 6.05. The zero-order valence-corrected chi connectivity index (χ0v) is 14.3. The molecule has 0 amide bonds. The van der Waals surface area contributed by atoms with E-state index in [4.69, 9.17) is 14.3 Å². The lowest BCUT2D eigenvalue weighted by Gasteiger charge is -2.21. The van der Waals surface area contributed by atoms with E-state index in [2.05, 4.69) is 5.16 Å². The molecule has 9 heteroatoms. The Hall–Kier alpha value is -2.58. The Kier molecular flexibility index (Phi) is 6.23. The van der Waals surface area contributed by atoms with Crippen molar-refractivity contribution >= 4 is 17.7 Å². The lowest BCUT2D eigenvalue weighted by atomic mass is 9.88. The van der Waals surface area contributed by atoms with E-state index in [1.807, 2.05) is 0 Å². The minimum absolute atomic E-state index is 0.0870. The van der Waals surface area contributed by atoms with Gasteiger partial charge in [-0.15, -0.1) is 0 Å². The summed E-state index contributed by atoms with van der Waals surface area (Å²) in [6.45, 7) is 2.97. The number of esters is 2. The largest absolute Gasteiger partial charge is 0.465 e. The van der Waals surface area contributed by atoms with Crippen LogP contribution in [0.3, 0.4) is 0 Å². The first-order valence-electron chi connectivity index (χ1n) is 8.03. The Labute approximate surface area is 147 Å². The van der Waals surface area contributed by atoms with E-state index in [0.717, 1.165) is 6.07 Å². The average molecular weight is 373 g/mol. The summed E-state index contributed by atoms with van der Waals surface area (Å²) in [5.74, 6) is -4.04. The summed E-state index contributed by atoms with van der Waals surface area (Å²) >= 11 is 0. The van der Waals surface area contributed by atoms with E-state index in [-0.39, 0.29) is 37.5 Å². The van der Waals surface area contributed by atoms with Gasteiger partial charge >= 0.3 is 18.1 Å². The van der Waals surface area contributed by atoms with Crippen LogP contribution in [0, 0.1) is 0 Å². The summed E-state index contributed by atoms with van der Waals surface area (Å²) in [6.07, 6.45) is -4.63. The van der Waals surface area contributed by atoms with Gasteiger partial charge in [0, 0.05) is 12.0 Å². The third kappa shape index (κ3) is 4.14. The number of carbonyl (C=O) groups excluding carboxylic acids is 2. The predicted octanol–water partition coefficient (Wildman–Crippen LogP) is 3.04. The van der Waals surface area contributed by atoms with Crippen LogP contribution in [0.15, 0.2) is 23.4 Å². The van der Waals surface area contributed by atoms with Gasteiger partial charge < -0.3 is 14.3 Å². The van der Waals surface area contributed by atoms with Crippen molar-refractivity contribution < 1.29 is 37.1 Å². The lowest BCUT2D eigenvalue weighted by molar-refractivity contribution is -0.157. The number of ether oxygens (including phenoxy) is 2. The first-order chi connectivity index (χ1) is 12.3. The maximum Gasteiger partial charge on any atom is 0.417 e. The fourth-order valence-corrected chi connectivity index (χ4v) is 2.66. The highest BCUT2D eigenvalue weighted by atomic mass is 19.4. The zero-order valence-electron chi connectivity index (χ0n) is 14.3. The maximum atomic E-state index is 13.8. The van der Waals surface area contributed by atoms with Crippen LogP contribution in [0.2, 0.25) is 0 Å². The standard InChI is InChI=1S/C17H18F3NO5/c1-3-24-15(22)13(16(23)25-4-2)11-7-5-6-10(12-8-9-26-21-12)14(11)17(18,19)20/h5-7,13H,3-4,8-9H2,1-2H3. The minimum Gasteiger partial charge on any atom is -0.465 e. The zero-order chi connectivity index (χ0) is 19.3. The van der Waals surface area contributed by atoms with Crippen LogP contribution in [0.1, 0.15) is 42.9 Å². The monoisotopic (exact) mass is 373 g/mol. The molecule has 26 heavy (non-hydrogen) atoms. The number of oxime groups is 1. The van der Waals surface area contributed by atoms with Crippen molar-refractivity contribution in [2.24, 2.45) is 5.16 Å². The van der Waals surface area contributed by atoms with Crippen LogP contribution in [-0.4, -0.2) is 37.5 Å². The van der Waals surface area contributed by atoms with Gasteiger partial charge in [0.1, 0.15) is 6.61 Å². The Balaban J connectivity index is 2.65. The molecule has 0 fully saturated rings. The molecule has 0 saturated carbocycles. The number of benzene rings is 1. The quantitative estimate of drug-likeness (QED) is 0.566. The third-order valence-corrected chi connectivity index (χ3v) is 3.65. The topological polar surface area (TPSA) is 74.2 Å². The van der Waals surface area contributed by atoms with E-state index in [1.165, 1.54) is 26.0 Å². The summed E-state index contributed by atoms with van der Waals surface area (Å²) in [7, 11) is 0. The highest BCUT2D eigenvalue weighted by Gasteiger charge is 2.43. The van der Waals surface area contributed by atoms with Crippen molar-refractivity contribution in [1.82, 2.24) is 0 Å². The second-order valence-corrected chi connectivity index (χ2v) is 5.33. The van der Waals surface area contributed by atoms with Crippen molar-refractivity contribution in [3.05, 3.63) is 34.9 Å². The van der Waals surface area contributed by atoms with Gasteiger partial charge in [-0.25, -0.2) is 0 Å². The Morgan fingerprint density at radius 1 is 1.19 bits per heavy atom. The molecule has 0 aliphatic carbocycles. The van der Waals surface area contributed by atoms with Gasteiger partial charge in [0.15, 0.2) is 5.92 Å². The molecule has 2 rings (SSSR count). The van der Waals surface area contributed by atoms with Crippen molar-refractivity contribution in [1.29, 1.82) is 0 Å². The van der Waals surface area contributed by atoms with E-state index in [0.29, 0.717) is 0 Å². The van der Waals surface area contributed by atoms with Crippen LogP contribution < -0.4 is 0 Å². The van der Waals surface area contributed by atoms with Gasteiger partial charge in [0.2, 0.25) is 0 Å². The fraction of sp³-hybridized carbons (Fsp3) is 0.471. The summed E-state index contributed by atoms with van der Waals surface area (Å²) < 4.78 is 51.1. The minimum atomic E-state index is -4.83. The molecule has 0 saturated heterocycles. The Morgan fingerprint density at radius 3 is 2.27 bits per heavy atom. The summed E-state index contributed by atoms with van der Waals surface area (Å²) in [5, 5.41) is 3.63. The molecule has 0 bridgehead atoms. The normalized spacial score (nSPS) is 14.0. The molecule has 6 nitrogen and oxygen atoms in total. The number of hydrogen-bond acceptors (Lipinski definition) is 6. The molecule has 0 aromatic heterocycles. The molecule has 0 unspecified atom stereocenters. The van der Waals surface area contributed by atoms with Crippen LogP contribution in [-0.2, 0) is 30.1 Å². The average Bonchev–Trinajstić information content (AvgIpc) is 3.08. The second-order valence-electron chi connectivity index (χ2n) is 5.33. The van der Waals surface area contributed by atoms with E-state index in [9.17, 15) is 22.8 Å². The van der Waals surface area contributed by atoms with Crippen molar-refractivity contribution in [2.75, 3.05) is 19.8 Å². The first-order valence-corrected chi connectivity index (χ1v) is 8.03. The molecule has 142 valence electrons. The van der Waals surface area contributed by atoms with Crippen LogP contribution in [0.25, 0.3) is 0 Å². The summed E-state index contributed by atoms with van der Waals surface area (Å²) in [6, 6.07) is 3.63.